The van der Waals surface area contributed by atoms with Gasteiger partial charge in [-0.1, -0.05) is 24.3 Å². The molecule has 0 amide bonds. The van der Waals surface area contributed by atoms with E-state index in [1.165, 1.54) is 0 Å². The molecule has 0 spiro atoms. The first kappa shape index (κ1) is 18.9. The van der Waals surface area contributed by atoms with Crippen molar-refractivity contribution < 1.29 is 0 Å². The summed E-state index contributed by atoms with van der Waals surface area (Å²) in [5.41, 5.74) is 5.28. The van der Waals surface area contributed by atoms with Crippen molar-refractivity contribution in [3.8, 4) is 0 Å². The van der Waals surface area contributed by atoms with Gasteiger partial charge in [-0.05, 0) is 59.8 Å². The number of aliphatic imine (C=N–C) groups is 2. The molecule has 1 rings (SSSR count). The third kappa shape index (κ3) is 5.51. The molecule has 0 fully saturated rings. The molecule has 0 radical (unpaired) electrons. The summed E-state index contributed by atoms with van der Waals surface area (Å²) in [4.78, 5) is 9.38. The molecule has 3 nitrogen and oxygen atoms in total. The Morgan fingerprint density at radius 3 is 2.22 bits per heavy atom. The molecule has 1 heterocycles. The van der Waals surface area contributed by atoms with Crippen molar-refractivity contribution in [1.82, 2.24) is 4.57 Å². The highest BCUT2D eigenvalue weighted by atomic mass is 15.0. The minimum Gasteiger partial charge on any atom is -0.342 e. The van der Waals surface area contributed by atoms with Crippen LogP contribution in [-0.4, -0.2) is 22.0 Å². The smallest absolute Gasteiger partial charge is 0.0655 e. The van der Waals surface area contributed by atoms with Gasteiger partial charge >= 0.3 is 0 Å². The van der Waals surface area contributed by atoms with Gasteiger partial charge < -0.3 is 4.57 Å². The molecule has 0 N–H and O–H groups in total. The largest absolute Gasteiger partial charge is 0.342 e. The van der Waals surface area contributed by atoms with E-state index in [1.807, 2.05) is 52.0 Å². The zero-order valence-electron chi connectivity index (χ0n) is 15.5. The lowest BCUT2D eigenvalue weighted by Gasteiger charge is -2.09. The first-order chi connectivity index (χ1) is 10.9. The molecule has 0 saturated carbocycles. The van der Waals surface area contributed by atoms with Gasteiger partial charge in [0.1, 0.15) is 0 Å². The maximum absolute atomic E-state index is 4.72. The fourth-order valence-corrected chi connectivity index (χ4v) is 2.53. The van der Waals surface area contributed by atoms with Crippen LogP contribution in [0.3, 0.4) is 0 Å². The zero-order chi connectivity index (χ0) is 17.4. The molecule has 0 aliphatic rings. The van der Waals surface area contributed by atoms with E-state index in [-0.39, 0.29) is 6.04 Å². The second-order valence-corrected chi connectivity index (χ2v) is 5.67. The Balaban J connectivity index is 3.11. The number of aromatic nitrogens is 1. The third-order valence-corrected chi connectivity index (χ3v) is 3.61. The minimum atomic E-state index is 0.194. The molecule has 0 saturated heterocycles. The van der Waals surface area contributed by atoms with Crippen molar-refractivity contribution in [1.29, 1.82) is 0 Å². The van der Waals surface area contributed by atoms with Gasteiger partial charge in [0.05, 0.1) is 28.9 Å². The summed E-state index contributed by atoms with van der Waals surface area (Å²) < 4.78 is 2.16. The van der Waals surface area contributed by atoms with Crippen LogP contribution in [0.2, 0.25) is 0 Å². The quantitative estimate of drug-likeness (QED) is 0.398. The van der Waals surface area contributed by atoms with Gasteiger partial charge in [0.15, 0.2) is 0 Å². The number of hydrogen-bond acceptors (Lipinski definition) is 2. The number of allylic oxidation sites excluding steroid dienone is 5. The van der Waals surface area contributed by atoms with E-state index in [0.717, 1.165) is 28.5 Å². The van der Waals surface area contributed by atoms with Crippen molar-refractivity contribution in [2.75, 3.05) is 0 Å². The number of hydrogen-bond donors (Lipinski definition) is 0. The van der Waals surface area contributed by atoms with Crippen LogP contribution in [-0.2, 0) is 7.05 Å². The van der Waals surface area contributed by atoms with Crippen LogP contribution >= 0.6 is 0 Å². The summed E-state index contributed by atoms with van der Waals surface area (Å²) in [6.45, 7) is 12.2. The van der Waals surface area contributed by atoms with E-state index >= 15 is 0 Å². The first-order valence-corrected chi connectivity index (χ1v) is 8.09. The van der Waals surface area contributed by atoms with Gasteiger partial charge in [0, 0.05) is 12.7 Å². The van der Waals surface area contributed by atoms with Crippen molar-refractivity contribution >= 4 is 11.4 Å². The standard InChI is InChI=1S/C20H29N3/c1-8-10-12-16(4)22-18(6)20-14-13-19(23(20)7)17(5)21-15(3)11-9-2/h8-15H,1-7H3/b10-8-,11-9-,16-12+,21-17?,22-18?. The Kier molecular flexibility index (Phi) is 7.46. The van der Waals surface area contributed by atoms with E-state index in [2.05, 4.69) is 48.7 Å². The first-order valence-electron chi connectivity index (χ1n) is 8.09. The zero-order valence-corrected chi connectivity index (χ0v) is 15.5. The van der Waals surface area contributed by atoms with Crippen LogP contribution in [0.4, 0.5) is 0 Å². The summed E-state index contributed by atoms with van der Waals surface area (Å²) in [6.07, 6.45) is 10.1. The molecule has 1 aromatic rings. The molecule has 0 aliphatic carbocycles. The van der Waals surface area contributed by atoms with Gasteiger partial charge in [0.25, 0.3) is 0 Å². The predicted molar refractivity (Wildman–Crippen MR) is 103 cm³/mol. The predicted octanol–water partition coefficient (Wildman–Crippen LogP) is 5.09. The Bertz CT molecular complexity index is 667. The van der Waals surface area contributed by atoms with Gasteiger partial charge in [-0.25, -0.2) is 0 Å². The Morgan fingerprint density at radius 1 is 1.04 bits per heavy atom. The molecule has 124 valence electrons. The highest BCUT2D eigenvalue weighted by Crippen LogP contribution is 2.12. The van der Waals surface area contributed by atoms with Gasteiger partial charge in [0.2, 0.25) is 0 Å². The highest BCUT2D eigenvalue weighted by Gasteiger charge is 2.10. The molecule has 3 heteroatoms. The van der Waals surface area contributed by atoms with Crippen LogP contribution in [0.15, 0.2) is 58.2 Å². The maximum atomic E-state index is 4.72. The second kappa shape index (κ2) is 9.09. The second-order valence-electron chi connectivity index (χ2n) is 5.67. The molecular weight excluding hydrogens is 282 g/mol. The minimum absolute atomic E-state index is 0.194. The lowest BCUT2D eigenvalue weighted by Crippen LogP contribution is -2.10. The monoisotopic (exact) mass is 311 g/mol. The van der Waals surface area contributed by atoms with Crippen LogP contribution in [0.1, 0.15) is 52.9 Å². The molecule has 1 atom stereocenters. The van der Waals surface area contributed by atoms with Crippen molar-refractivity contribution in [3.05, 3.63) is 59.6 Å². The van der Waals surface area contributed by atoms with Crippen molar-refractivity contribution in [3.63, 3.8) is 0 Å². The fraction of sp³-hybridized carbons (Fsp3) is 0.400. The van der Waals surface area contributed by atoms with E-state index in [9.17, 15) is 0 Å². The molecule has 0 aromatic carbocycles. The fourth-order valence-electron chi connectivity index (χ4n) is 2.53. The third-order valence-electron chi connectivity index (χ3n) is 3.61. The van der Waals surface area contributed by atoms with Gasteiger partial charge in [-0.2, -0.15) is 0 Å². The summed E-state index contributed by atoms with van der Waals surface area (Å²) in [7, 11) is 2.06. The normalized spacial score (nSPS) is 15.9. The topological polar surface area (TPSA) is 29.6 Å². The van der Waals surface area contributed by atoms with E-state index in [1.54, 1.807) is 0 Å². The van der Waals surface area contributed by atoms with Crippen LogP contribution in [0.25, 0.3) is 0 Å². The van der Waals surface area contributed by atoms with Crippen molar-refractivity contribution in [2.45, 2.75) is 47.6 Å². The summed E-state index contributed by atoms with van der Waals surface area (Å²) in [5, 5.41) is 0. The average molecular weight is 311 g/mol. The van der Waals surface area contributed by atoms with Crippen LogP contribution < -0.4 is 0 Å². The average Bonchev–Trinajstić information content (AvgIpc) is 2.87. The van der Waals surface area contributed by atoms with E-state index in [4.69, 9.17) is 4.99 Å². The van der Waals surface area contributed by atoms with Gasteiger partial charge in [-0.15, -0.1) is 0 Å². The molecule has 0 bridgehead atoms. The number of rotatable bonds is 6. The van der Waals surface area contributed by atoms with Crippen molar-refractivity contribution in [2.24, 2.45) is 17.0 Å². The maximum Gasteiger partial charge on any atom is 0.0655 e. The molecular formula is C20H29N3. The summed E-state index contributed by atoms with van der Waals surface area (Å²) >= 11 is 0. The lowest BCUT2D eigenvalue weighted by molar-refractivity contribution is 0.882. The molecule has 1 aromatic heterocycles. The molecule has 1 unspecified atom stereocenters. The highest BCUT2D eigenvalue weighted by molar-refractivity contribution is 6.02. The van der Waals surface area contributed by atoms with Gasteiger partial charge in [-0.3, -0.25) is 9.98 Å². The molecule has 23 heavy (non-hydrogen) atoms. The number of nitrogens with zero attached hydrogens (tertiary/aromatic N) is 3. The summed E-state index contributed by atoms with van der Waals surface area (Å²) in [5.74, 6) is 0. The lowest BCUT2D eigenvalue weighted by atomic mass is 10.2. The van der Waals surface area contributed by atoms with Crippen LogP contribution in [0.5, 0.6) is 0 Å². The van der Waals surface area contributed by atoms with E-state index < -0.39 is 0 Å². The summed E-state index contributed by atoms with van der Waals surface area (Å²) in [6, 6.07) is 4.41. The Hall–Kier alpha value is -2.16. The SMILES string of the molecule is C/C=C\C=C(/C)N=C(C)c1ccc(C(C)=NC(C)/C=C\C)n1C. The Morgan fingerprint density at radius 2 is 1.65 bits per heavy atom. The van der Waals surface area contributed by atoms with Crippen LogP contribution in [0, 0.1) is 0 Å². The molecule has 0 aliphatic heterocycles. The van der Waals surface area contributed by atoms with E-state index in [0.29, 0.717) is 0 Å². The Labute approximate surface area is 140 Å².